The van der Waals surface area contributed by atoms with E-state index in [2.05, 4.69) is 17.2 Å². The lowest BCUT2D eigenvalue weighted by Gasteiger charge is -2.34. The van der Waals surface area contributed by atoms with Gasteiger partial charge in [-0.3, -0.25) is 0 Å². The van der Waals surface area contributed by atoms with Crippen molar-refractivity contribution in [1.29, 1.82) is 0 Å². The van der Waals surface area contributed by atoms with E-state index in [-0.39, 0.29) is 9.80 Å². The number of ether oxygens (including phenoxy) is 1. The fourth-order valence-corrected chi connectivity index (χ4v) is 4.68. The summed E-state index contributed by atoms with van der Waals surface area (Å²) in [5.41, 5.74) is -0.627. The molecule has 1 aliphatic rings. The molecule has 1 aromatic rings. The second kappa shape index (κ2) is 8.71. The van der Waals surface area contributed by atoms with Crippen molar-refractivity contribution in [3.63, 3.8) is 0 Å². The molecule has 1 aliphatic carbocycles. The van der Waals surface area contributed by atoms with Gasteiger partial charge in [0.05, 0.1) is 21.9 Å². The summed E-state index contributed by atoms with van der Waals surface area (Å²) in [5.74, 6) is 0. The van der Waals surface area contributed by atoms with Crippen LogP contribution in [0.25, 0.3) is 0 Å². The maximum Gasteiger partial charge on any atom is 0.407 e. The highest BCUT2D eigenvalue weighted by molar-refractivity contribution is 7.95. The molecule has 1 amide bonds. The Bertz CT molecular complexity index is 795. The maximum atomic E-state index is 13.1. The van der Waals surface area contributed by atoms with Gasteiger partial charge in [0.1, 0.15) is 5.60 Å². The minimum absolute atomic E-state index is 0.236. The minimum Gasteiger partial charge on any atom is -0.444 e. The molecule has 6 nitrogen and oxygen atoms in total. The zero-order valence-electron chi connectivity index (χ0n) is 16.1. The Morgan fingerprint density at radius 1 is 1.30 bits per heavy atom. The van der Waals surface area contributed by atoms with E-state index < -0.39 is 33.6 Å². The van der Waals surface area contributed by atoms with Crippen LogP contribution in [0.4, 0.5) is 4.79 Å². The van der Waals surface area contributed by atoms with Gasteiger partial charge in [-0.05, 0) is 45.7 Å². The highest BCUT2D eigenvalue weighted by atomic mass is 32.2. The number of carbonyl (C=O) groups excluding carboxylic acids is 1. The number of allylic oxidation sites excluding steroid dienone is 1. The third kappa shape index (κ3) is 5.68. The lowest BCUT2D eigenvalue weighted by molar-refractivity contribution is 0.0493. The van der Waals surface area contributed by atoms with E-state index in [1.54, 1.807) is 63.3 Å². The van der Waals surface area contributed by atoms with Gasteiger partial charge in [-0.2, -0.15) is 0 Å². The number of hydrogen-bond acceptors (Lipinski definition) is 5. The summed E-state index contributed by atoms with van der Waals surface area (Å²) >= 11 is 0. The molecule has 1 aromatic carbocycles. The smallest absolute Gasteiger partial charge is 0.407 e. The predicted octanol–water partition coefficient (Wildman–Crippen LogP) is 3.18. The molecule has 0 bridgehead atoms. The molecule has 0 saturated heterocycles. The number of sulfone groups is 1. The zero-order chi connectivity index (χ0) is 20.1. The van der Waals surface area contributed by atoms with Gasteiger partial charge >= 0.3 is 6.09 Å². The van der Waals surface area contributed by atoms with Gasteiger partial charge in [-0.15, -0.1) is 6.58 Å². The first-order valence-electron chi connectivity index (χ1n) is 8.99. The number of amides is 1. The number of benzene rings is 1. The Hall–Kier alpha value is -2.12. The van der Waals surface area contributed by atoms with Crippen LogP contribution < -0.4 is 10.6 Å². The van der Waals surface area contributed by atoms with E-state index in [1.165, 1.54) is 0 Å². The average Bonchev–Trinajstić information content (AvgIpc) is 2.59. The molecule has 2 atom stereocenters. The Kier molecular flexibility index (Phi) is 6.84. The first-order chi connectivity index (χ1) is 12.6. The Morgan fingerprint density at radius 2 is 1.96 bits per heavy atom. The number of hydrogen-bond donors (Lipinski definition) is 2. The van der Waals surface area contributed by atoms with E-state index in [0.717, 1.165) is 0 Å². The van der Waals surface area contributed by atoms with Gasteiger partial charge in [0.15, 0.2) is 0 Å². The van der Waals surface area contributed by atoms with Crippen molar-refractivity contribution in [3.05, 3.63) is 54.0 Å². The van der Waals surface area contributed by atoms with Gasteiger partial charge < -0.3 is 15.4 Å². The van der Waals surface area contributed by atoms with Crippen molar-refractivity contribution < 1.29 is 17.9 Å². The third-order valence-electron chi connectivity index (χ3n) is 4.08. The Labute approximate surface area is 161 Å². The van der Waals surface area contributed by atoms with Crippen LogP contribution in [-0.2, 0) is 14.6 Å². The van der Waals surface area contributed by atoms with Crippen molar-refractivity contribution in [1.82, 2.24) is 10.6 Å². The van der Waals surface area contributed by atoms with Crippen molar-refractivity contribution in [2.24, 2.45) is 0 Å². The Balaban J connectivity index is 2.30. The van der Waals surface area contributed by atoms with Crippen molar-refractivity contribution in [2.45, 2.75) is 56.2 Å². The fourth-order valence-electron chi connectivity index (χ4n) is 2.98. The summed E-state index contributed by atoms with van der Waals surface area (Å²) < 4.78 is 31.6. The van der Waals surface area contributed by atoms with Crippen LogP contribution in [0.2, 0.25) is 0 Å². The predicted molar refractivity (Wildman–Crippen MR) is 106 cm³/mol. The average molecular weight is 393 g/mol. The molecule has 0 spiro atoms. The molecule has 0 heterocycles. The molecule has 0 radical (unpaired) electrons. The third-order valence-corrected chi connectivity index (χ3v) is 6.01. The first kappa shape index (κ1) is 21.2. The van der Waals surface area contributed by atoms with Crippen LogP contribution in [-0.4, -0.2) is 38.7 Å². The monoisotopic (exact) mass is 392 g/mol. The Morgan fingerprint density at radius 3 is 2.56 bits per heavy atom. The number of nitrogens with one attached hydrogen (secondary N) is 2. The fraction of sp³-hybridized carbons (Fsp3) is 0.450. The zero-order valence-corrected chi connectivity index (χ0v) is 16.9. The molecule has 0 fully saturated rings. The molecule has 0 saturated carbocycles. The number of carbonyl (C=O) groups is 1. The van der Waals surface area contributed by atoms with E-state index >= 15 is 0 Å². The first-order valence-corrected chi connectivity index (χ1v) is 10.5. The molecule has 0 unspecified atom stereocenters. The van der Waals surface area contributed by atoms with Crippen LogP contribution >= 0.6 is 0 Å². The summed E-state index contributed by atoms with van der Waals surface area (Å²) in [6.45, 7) is 9.45. The molecule has 27 heavy (non-hydrogen) atoms. The molecular weight excluding hydrogens is 364 g/mol. The van der Waals surface area contributed by atoms with Crippen LogP contribution in [0, 0.1) is 0 Å². The molecule has 0 aliphatic heterocycles. The lowest BCUT2D eigenvalue weighted by atomic mass is 9.96. The van der Waals surface area contributed by atoms with Gasteiger partial charge in [0.2, 0.25) is 9.84 Å². The van der Waals surface area contributed by atoms with Crippen LogP contribution in [0.1, 0.15) is 33.6 Å². The van der Waals surface area contributed by atoms with E-state index in [9.17, 15) is 13.2 Å². The highest BCUT2D eigenvalue weighted by Gasteiger charge is 2.36. The summed E-state index contributed by atoms with van der Waals surface area (Å²) in [6.07, 6.45) is 3.99. The number of alkyl carbamates (subject to hydrolysis) is 1. The topological polar surface area (TPSA) is 84.5 Å². The van der Waals surface area contributed by atoms with E-state index in [4.69, 9.17) is 4.74 Å². The van der Waals surface area contributed by atoms with Crippen LogP contribution in [0.3, 0.4) is 0 Å². The van der Waals surface area contributed by atoms with Gasteiger partial charge in [-0.1, -0.05) is 30.4 Å². The SMILES string of the molecule is C=CCN[C@@H]1C(S(=O)(=O)c2ccccc2)=CCC[C@@H]1NC(=O)OC(C)(C)C. The second-order valence-corrected chi connectivity index (χ2v) is 9.38. The standard InChI is InChI=1S/C20H28N2O4S/c1-5-14-21-18-16(22-19(23)26-20(2,3)4)12-9-13-17(18)27(24,25)15-10-7-6-8-11-15/h5-8,10-11,13,16,18,21H,1,9,12,14H2,2-4H3,(H,22,23)/t16-,18-/m0/s1. The van der Waals surface area contributed by atoms with Gasteiger partial charge in [-0.25, -0.2) is 13.2 Å². The summed E-state index contributed by atoms with van der Waals surface area (Å²) in [6, 6.07) is 7.34. The van der Waals surface area contributed by atoms with E-state index in [1.807, 2.05) is 0 Å². The molecule has 7 heteroatoms. The van der Waals surface area contributed by atoms with Crippen LogP contribution in [0.15, 0.2) is 58.9 Å². The second-order valence-electron chi connectivity index (χ2n) is 7.43. The molecule has 2 rings (SSSR count). The molecular formula is C20H28N2O4S. The summed E-state index contributed by atoms with van der Waals surface area (Å²) in [7, 11) is -3.67. The molecule has 2 N–H and O–H groups in total. The largest absolute Gasteiger partial charge is 0.444 e. The summed E-state index contributed by atoms with van der Waals surface area (Å²) in [5, 5.41) is 6.00. The van der Waals surface area contributed by atoms with Crippen LogP contribution in [0.5, 0.6) is 0 Å². The van der Waals surface area contributed by atoms with Gasteiger partial charge in [0.25, 0.3) is 0 Å². The highest BCUT2D eigenvalue weighted by Crippen LogP contribution is 2.29. The van der Waals surface area contributed by atoms with E-state index in [0.29, 0.717) is 19.4 Å². The minimum atomic E-state index is -3.67. The maximum absolute atomic E-state index is 13.1. The van der Waals surface area contributed by atoms with Gasteiger partial charge in [0, 0.05) is 6.54 Å². The molecule has 148 valence electrons. The van der Waals surface area contributed by atoms with Crippen molar-refractivity contribution >= 4 is 15.9 Å². The quantitative estimate of drug-likeness (QED) is 0.727. The van der Waals surface area contributed by atoms with Crippen molar-refractivity contribution in [3.8, 4) is 0 Å². The number of rotatable bonds is 6. The lowest BCUT2D eigenvalue weighted by Crippen LogP contribution is -2.54. The summed E-state index contributed by atoms with van der Waals surface area (Å²) in [4.78, 5) is 12.7. The molecule has 0 aromatic heterocycles. The normalized spacial score (nSPS) is 20.5. The van der Waals surface area contributed by atoms with Crippen molar-refractivity contribution in [2.75, 3.05) is 6.54 Å².